The highest BCUT2D eigenvalue weighted by Gasteiger charge is 1.89. The summed E-state index contributed by atoms with van der Waals surface area (Å²) in [5.41, 5.74) is 0.0713. The van der Waals surface area contributed by atoms with Gasteiger partial charge < -0.3 is 4.57 Å². The lowest BCUT2D eigenvalue weighted by atomic mass is 10.3. The third-order valence-electron chi connectivity index (χ3n) is 1.67. The van der Waals surface area contributed by atoms with E-state index in [0.717, 1.165) is 13.0 Å². The summed E-state index contributed by atoms with van der Waals surface area (Å²) >= 11 is 0. The fraction of sp³-hybridized carbons (Fsp3) is 0.300. The molecule has 0 N–H and O–H groups in total. The summed E-state index contributed by atoms with van der Waals surface area (Å²) in [6.07, 6.45) is 6.78. The van der Waals surface area contributed by atoms with Crippen molar-refractivity contribution in [1.82, 2.24) is 4.57 Å². The van der Waals surface area contributed by atoms with Crippen LogP contribution < -0.4 is 5.56 Å². The highest BCUT2D eigenvalue weighted by molar-refractivity contribution is 4.93. The van der Waals surface area contributed by atoms with E-state index in [1.807, 2.05) is 25.3 Å². The standard InChI is InChI=1S/C10H13NO/c1-2-3-5-8-11-9-6-4-7-10(11)12/h2-4,6-7,9H,5,8H2,1H3/b3-2+. The Labute approximate surface area is 72.2 Å². The minimum atomic E-state index is 0.0713. The topological polar surface area (TPSA) is 22.0 Å². The molecule has 0 bridgehead atoms. The van der Waals surface area contributed by atoms with Gasteiger partial charge in [-0.15, -0.1) is 0 Å². The summed E-state index contributed by atoms with van der Waals surface area (Å²) in [4.78, 5) is 11.2. The van der Waals surface area contributed by atoms with Crippen molar-refractivity contribution in [2.75, 3.05) is 0 Å². The fourth-order valence-electron chi connectivity index (χ4n) is 1.03. The number of pyridine rings is 1. The predicted molar refractivity (Wildman–Crippen MR) is 50.1 cm³/mol. The Hall–Kier alpha value is -1.31. The van der Waals surface area contributed by atoms with Crippen LogP contribution in [0.1, 0.15) is 13.3 Å². The smallest absolute Gasteiger partial charge is 0.250 e. The summed E-state index contributed by atoms with van der Waals surface area (Å²) < 4.78 is 1.71. The van der Waals surface area contributed by atoms with Gasteiger partial charge in [0.2, 0.25) is 0 Å². The van der Waals surface area contributed by atoms with Crippen molar-refractivity contribution in [3.8, 4) is 0 Å². The first-order chi connectivity index (χ1) is 5.84. The second-order valence-corrected chi connectivity index (χ2v) is 2.59. The number of rotatable bonds is 3. The highest BCUT2D eigenvalue weighted by atomic mass is 16.1. The molecule has 1 heterocycles. The summed E-state index contributed by atoms with van der Waals surface area (Å²) in [7, 11) is 0. The van der Waals surface area contributed by atoms with E-state index in [4.69, 9.17) is 0 Å². The molecular formula is C10H13NO. The third kappa shape index (κ3) is 2.38. The molecule has 0 aliphatic rings. The van der Waals surface area contributed by atoms with Gasteiger partial charge in [0.25, 0.3) is 5.56 Å². The molecule has 1 rings (SSSR count). The van der Waals surface area contributed by atoms with E-state index in [2.05, 4.69) is 6.08 Å². The average molecular weight is 163 g/mol. The van der Waals surface area contributed by atoms with Gasteiger partial charge in [-0.3, -0.25) is 4.79 Å². The molecule has 2 heteroatoms. The van der Waals surface area contributed by atoms with Crippen LogP contribution in [-0.2, 0) is 6.54 Å². The van der Waals surface area contributed by atoms with Crippen molar-refractivity contribution in [2.24, 2.45) is 0 Å². The molecule has 0 saturated heterocycles. The van der Waals surface area contributed by atoms with Gasteiger partial charge in [0.1, 0.15) is 0 Å². The van der Waals surface area contributed by atoms with Gasteiger partial charge in [-0.1, -0.05) is 18.2 Å². The minimum absolute atomic E-state index is 0.0713. The molecular weight excluding hydrogens is 150 g/mol. The fourth-order valence-corrected chi connectivity index (χ4v) is 1.03. The van der Waals surface area contributed by atoms with Crippen molar-refractivity contribution in [1.29, 1.82) is 0 Å². The van der Waals surface area contributed by atoms with Gasteiger partial charge in [0, 0.05) is 18.8 Å². The Morgan fingerprint density at radius 3 is 3.00 bits per heavy atom. The molecule has 0 aliphatic heterocycles. The summed E-state index contributed by atoms with van der Waals surface area (Å²) in [6, 6.07) is 5.21. The van der Waals surface area contributed by atoms with Crippen LogP contribution in [0, 0.1) is 0 Å². The van der Waals surface area contributed by atoms with Gasteiger partial charge in [0.05, 0.1) is 0 Å². The first kappa shape index (κ1) is 8.78. The maximum atomic E-state index is 11.2. The second kappa shape index (κ2) is 4.54. The van der Waals surface area contributed by atoms with Gasteiger partial charge in [-0.05, 0) is 19.4 Å². The normalized spacial score (nSPS) is 10.8. The lowest BCUT2D eigenvalue weighted by Crippen LogP contribution is -2.17. The lowest BCUT2D eigenvalue weighted by Gasteiger charge is -2.00. The molecule has 0 unspecified atom stereocenters. The van der Waals surface area contributed by atoms with Crippen molar-refractivity contribution >= 4 is 0 Å². The number of hydrogen-bond donors (Lipinski definition) is 0. The zero-order chi connectivity index (χ0) is 8.81. The van der Waals surface area contributed by atoms with E-state index < -0.39 is 0 Å². The SMILES string of the molecule is C/C=C/CCn1ccccc1=O. The Morgan fingerprint density at radius 2 is 2.33 bits per heavy atom. The van der Waals surface area contributed by atoms with E-state index in [-0.39, 0.29) is 5.56 Å². The van der Waals surface area contributed by atoms with Crippen LogP contribution in [0.5, 0.6) is 0 Å². The molecule has 12 heavy (non-hydrogen) atoms. The maximum Gasteiger partial charge on any atom is 0.250 e. The molecule has 0 aromatic carbocycles. The van der Waals surface area contributed by atoms with Crippen LogP contribution in [0.4, 0.5) is 0 Å². The minimum Gasteiger partial charge on any atom is -0.315 e. The molecule has 0 atom stereocenters. The molecule has 1 aromatic rings. The van der Waals surface area contributed by atoms with E-state index in [9.17, 15) is 4.79 Å². The largest absolute Gasteiger partial charge is 0.315 e. The molecule has 0 spiro atoms. The third-order valence-corrected chi connectivity index (χ3v) is 1.67. The van der Waals surface area contributed by atoms with Crippen molar-refractivity contribution in [2.45, 2.75) is 19.9 Å². The van der Waals surface area contributed by atoms with Crippen LogP contribution in [0.15, 0.2) is 41.3 Å². The summed E-state index contributed by atoms with van der Waals surface area (Å²) in [5, 5.41) is 0. The Balaban J connectivity index is 2.63. The molecule has 0 amide bonds. The first-order valence-corrected chi connectivity index (χ1v) is 4.11. The van der Waals surface area contributed by atoms with Gasteiger partial charge >= 0.3 is 0 Å². The zero-order valence-corrected chi connectivity index (χ0v) is 7.23. The van der Waals surface area contributed by atoms with E-state index in [0.29, 0.717) is 0 Å². The Kier molecular flexibility index (Phi) is 3.33. The zero-order valence-electron chi connectivity index (χ0n) is 7.23. The van der Waals surface area contributed by atoms with Crippen LogP contribution in [-0.4, -0.2) is 4.57 Å². The van der Waals surface area contributed by atoms with Crippen molar-refractivity contribution in [3.05, 3.63) is 46.9 Å². The van der Waals surface area contributed by atoms with Crippen LogP contribution in [0.3, 0.4) is 0 Å². The summed E-state index contributed by atoms with van der Waals surface area (Å²) in [6.45, 7) is 2.75. The number of hydrogen-bond acceptors (Lipinski definition) is 1. The maximum absolute atomic E-state index is 11.2. The van der Waals surface area contributed by atoms with E-state index in [1.54, 1.807) is 16.7 Å². The molecule has 2 nitrogen and oxygen atoms in total. The average Bonchev–Trinajstić information content (AvgIpc) is 2.09. The number of nitrogens with zero attached hydrogens (tertiary/aromatic N) is 1. The van der Waals surface area contributed by atoms with Crippen molar-refractivity contribution in [3.63, 3.8) is 0 Å². The molecule has 64 valence electrons. The monoisotopic (exact) mass is 163 g/mol. The Morgan fingerprint density at radius 1 is 1.50 bits per heavy atom. The molecule has 0 saturated carbocycles. The van der Waals surface area contributed by atoms with Gasteiger partial charge in [-0.25, -0.2) is 0 Å². The van der Waals surface area contributed by atoms with Crippen LogP contribution >= 0.6 is 0 Å². The molecule has 0 radical (unpaired) electrons. The lowest BCUT2D eigenvalue weighted by molar-refractivity contribution is 0.681. The quantitative estimate of drug-likeness (QED) is 0.623. The molecule has 1 aromatic heterocycles. The van der Waals surface area contributed by atoms with Crippen molar-refractivity contribution < 1.29 is 0 Å². The number of aromatic nitrogens is 1. The Bertz CT molecular complexity index is 312. The van der Waals surface area contributed by atoms with Crippen LogP contribution in [0.2, 0.25) is 0 Å². The summed E-state index contributed by atoms with van der Waals surface area (Å²) in [5.74, 6) is 0. The molecule has 0 aliphatic carbocycles. The number of aryl methyl sites for hydroxylation is 1. The second-order valence-electron chi connectivity index (χ2n) is 2.59. The highest BCUT2D eigenvalue weighted by Crippen LogP contribution is 1.88. The number of allylic oxidation sites excluding steroid dienone is 2. The predicted octanol–water partition coefficient (Wildman–Crippen LogP) is 1.81. The van der Waals surface area contributed by atoms with E-state index >= 15 is 0 Å². The van der Waals surface area contributed by atoms with Gasteiger partial charge in [-0.2, -0.15) is 0 Å². The molecule has 0 fully saturated rings. The van der Waals surface area contributed by atoms with Crippen LogP contribution in [0.25, 0.3) is 0 Å². The first-order valence-electron chi connectivity index (χ1n) is 4.11. The van der Waals surface area contributed by atoms with Gasteiger partial charge in [0.15, 0.2) is 0 Å². The van der Waals surface area contributed by atoms with E-state index in [1.165, 1.54) is 0 Å².